The van der Waals surface area contributed by atoms with Gasteiger partial charge in [0.15, 0.2) is 0 Å². The summed E-state index contributed by atoms with van der Waals surface area (Å²) >= 11 is 5.36. The van der Waals surface area contributed by atoms with Gasteiger partial charge >= 0.3 is 0 Å². The minimum atomic E-state index is 0.311. The molecule has 2 nitrogen and oxygen atoms in total. The van der Waals surface area contributed by atoms with Crippen molar-refractivity contribution < 1.29 is 4.74 Å². The molecule has 0 bridgehead atoms. The maximum atomic E-state index is 5.88. The van der Waals surface area contributed by atoms with Crippen LogP contribution in [0.15, 0.2) is 15.2 Å². The first-order valence-corrected chi connectivity index (χ1v) is 7.54. The summed E-state index contributed by atoms with van der Waals surface area (Å²) in [5, 5.41) is 7.90. The van der Waals surface area contributed by atoms with Crippen molar-refractivity contribution >= 4 is 27.3 Å². The average Bonchev–Trinajstić information content (AvgIpc) is 2.84. The summed E-state index contributed by atoms with van der Waals surface area (Å²) in [6.45, 7) is 6.30. The molecule has 1 aromatic heterocycles. The second-order valence-corrected chi connectivity index (χ2v) is 5.91. The summed E-state index contributed by atoms with van der Waals surface area (Å²) in [6.07, 6.45) is 1.49. The molecule has 1 aliphatic rings. The number of hydrogen-bond acceptors (Lipinski definition) is 3. The summed E-state index contributed by atoms with van der Waals surface area (Å²) in [7, 11) is 0. The van der Waals surface area contributed by atoms with Crippen molar-refractivity contribution in [3.8, 4) is 0 Å². The molecule has 1 fully saturated rings. The van der Waals surface area contributed by atoms with E-state index in [-0.39, 0.29) is 0 Å². The molecule has 16 heavy (non-hydrogen) atoms. The minimum absolute atomic E-state index is 0.311. The molecular weight excluding hydrogens is 286 g/mol. The van der Waals surface area contributed by atoms with Gasteiger partial charge in [-0.05, 0) is 45.8 Å². The smallest absolute Gasteiger partial charge is 0.0796 e. The SMILES string of the molecule is CCNC(c1cscc1Br)C1OCCC1C. The molecule has 3 unspecified atom stereocenters. The quantitative estimate of drug-likeness (QED) is 0.918. The molecule has 1 saturated heterocycles. The van der Waals surface area contributed by atoms with Crippen LogP contribution in [0.3, 0.4) is 0 Å². The van der Waals surface area contributed by atoms with Crippen molar-refractivity contribution in [2.75, 3.05) is 13.2 Å². The van der Waals surface area contributed by atoms with Gasteiger partial charge in [-0.2, -0.15) is 11.3 Å². The fraction of sp³-hybridized carbons (Fsp3) is 0.667. The third-order valence-corrected chi connectivity index (χ3v) is 4.93. The van der Waals surface area contributed by atoms with Gasteiger partial charge in [0.1, 0.15) is 0 Å². The molecule has 0 aliphatic carbocycles. The van der Waals surface area contributed by atoms with E-state index in [9.17, 15) is 0 Å². The van der Waals surface area contributed by atoms with Gasteiger partial charge in [-0.25, -0.2) is 0 Å². The average molecular weight is 304 g/mol. The van der Waals surface area contributed by atoms with Crippen LogP contribution in [0, 0.1) is 5.92 Å². The molecule has 1 N–H and O–H groups in total. The molecule has 0 radical (unpaired) electrons. The minimum Gasteiger partial charge on any atom is -0.376 e. The Bertz CT molecular complexity index is 342. The van der Waals surface area contributed by atoms with E-state index in [0.29, 0.717) is 18.1 Å². The fourth-order valence-electron chi connectivity index (χ4n) is 2.28. The Morgan fingerprint density at radius 2 is 2.44 bits per heavy atom. The highest BCUT2D eigenvalue weighted by molar-refractivity contribution is 9.10. The molecule has 3 atom stereocenters. The maximum absolute atomic E-state index is 5.88. The number of hydrogen-bond donors (Lipinski definition) is 1. The Labute approximate surface area is 110 Å². The largest absolute Gasteiger partial charge is 0.376 e. The van der Waals surface area contributed by atoms with Gasteiger partial charge in [-0.3, -0.25) is 0 Å². The lowest BCUT2D eigenvalue weighted by molar-refractivity contribution is 0.0611. The summed E-state index contributed by atoms with van der Waals surface area (Å²) in [6, 6.07) is 0.322. The lowest BCUT2D eigenvalue weighted by atomic mass is 9.94. The molecular formula is C12H18BrNOS. The molecule has 1 aliphatic heterocycles. The molecule has 1 aromatic rings. The highest BCUT2D eigenvalue weighted by Crippen LogP contribution is 2.36. The van der Waals surface area contributed by atoms with E-state index >= 15 is 0 Å². The third kappa shape index (κ3) is 2.50. The molecule has 0 amide bonds. The van der Waals surface area contributed by atoms with Crippen molar-refractivity contribution in [2.24, 2.45) is 5.92 Å². The topological polar surface area (TPSA) is 21.3 Å². The van der Waals surface area contributed by atoms with Gasteiger partial charge in [-0.1, -0.05) is 13.8 Å². The van der Waals surface area contributed by atoms with Gasteiger partial charge < -0.3 is 10.1 Å². The molecule has 90 valence electrons. The number of ether oxygens (including phenoxy) is 1. The van der Waals surface area contributed by atoms with Crippen LogP contribution in [0.4, 0.5) is 0 Å². The predicted molar refractivity (Wildman–Crippen MR) is 72.0 cm³/mol. The van der Waals surface area contributed by atoms with Gasteiger partial charge in [0.05, 0.1) is 12.1 Å². The van der Waals surface area contributed by atoms with E-state index in [2.05, 4.69) is 45.9 Å². The molecule has 0 aromatic carbocycles. The first-order valence-electron chi connectivity index (χ1n) is 5.80. The van der Waals surface area contributed by atoms with Crippen LogP contribution < -0.4 is 5.32 Å². The van der Waals surface area contributed by atoms with Gasteiger partial charge in [0, 0.05) is 16.5 Å². The van der Waals surface area contributed by atoms with E-state index in [1.807, 2.05) is 0 Å². The Balaban J connectivity index is 2.20. The van der Waals surface area contributed by atoms with E-state index < -0.39 is 0 Å². The van der Waals surface area contributed by atoms with Crippen LogP contribution in [0.5, 0.6) is 0 Å². The summed E-state index contributed by atoms with van der Waals surface area (Å²) in [5.74, 6) is 0.635. The molecule has 0 spiro atoms. The Morgan fingerprint density at radius 1 is 1.62 bits per heavy atom. The summed E-state index contributed by atoms with van der Waals surface area (Å²) in [4.78, 5) is 0. The number of nitrogens with one attached hydrogen (secondary N) is 1. The monoisotopic (exact) mass is 303 g/mol. The van der Waals surface area contributed by atoms with Crippen molar-refractivity contribution in [2.45, 2.75) is 32.4 Å². The summed E-state index contributed by atoms with van der Waals surface area (Å²) < 4.78 is 7.08. The zero-order valence-corrected chi connectivity index (χ0v) is 12.1. The fourth-order valence-corrected chi connectivity index (χ4v) is 3.86. The Hall–Kier alpha value is 0.1000. The van der Waals surface area contributed by atoms with Crippen LogP contribution in [0.1, 0.15) is 31.9 Å². The van der Waals surface area contributed by atoms with Crippen LogP contribution in [-0.4, -0.2) is 19.3 Å². The zero-order chi connectivity index (χ0) is 11.5. The van der Waals surface area contributed by atoms with Crippen molar-refractivity contribution in [3.63, 3.8) is 0 Å². The van der Waals surface area contributed by atoms with Crippen LogP contribution in [0.2, 0.25) is 0 Å². The lowest BCUT2D eigenvalue weighted by Crippen LogP contribution is -2.34. The van der Waals surface area contributed by atoms with Crippen molar-refractivity contribution in [1.82, 2.24) is 5.32 Å². The Kier molecular flexibility index (Phi) is 4.41. The van der Waals surface area contributed by atoms with Gasteiger partial charge in [-0.15, -0.1) is 0 Å². The Morgan fingerprint density at radius 3 is 2.94 bits per heavy atom. The van der Waals surface area contributed by atoms with Gasteiger partial charge in [0.25, 0.3) is 0 Å². The maximum Gasteiger partial charge on any atom is 0.0796 e. The number of rotatable bonds is 4. The lowest BCUT2D eigenvalue weighted by Gasteiger charge is -2.26. The highest BCUT2D eigenvalue weighted by Gasteiger charge is 2.33. The van der Waals surface area contributed by atoms with E-state index in [1.165, 1.54) is 16.5 Å². The van der Waals surface area contributed by atoms with Crippen LogP contribution in [-0.2, 0) is 4.74 Å². The highest BCUT2D eigenvalue weighted by atomic mass is 79.9. The summed E-state index contributed by atoms with van der Waals surface area (Å²) in [5.41, 5.74) is 1.34. The van der Waals surface area contributed by atoms with E-state index in [4.69, 9.17) is 4.74 Å². The van der Waals surface area contributed by atoms with Crippen LogP contribution >= 0.6 is 27.3 Å². The number of halogens is 1. The van der Waals surface area contributed by atoms with E-state index in [0.717, 1.165) is 13.2 Å². The van der Waals surface area contributed by atoms with Crippen molar-refractivity contribution in [3.05, 3.63) is 20.8 Å². The molecule has 2 rings (SSSR count). The second-order valence-electron chi connectivity index (χ2n) is 4.31. The normalized spacial score (nSPS) is 27.2. The predicted octanol–water partition coefficient (Wildman–Crippen LogP) is 3.59. The molecule has 2 heterocycles. The molecule has 0 saturated carbocycles. The van der Waals surface area contributed by atoms with Crippen molar-refractivity contribution in [1.29, 1.82) is 0 Å². The first-order chi connectivity index (χ1) is 7.74. The van der Waals surface area contributed by atoms with Gasteiger partial charge in [0.2, 0.25) is 0 Å². The molecule has 4 heteroatoms. The van der Waals surface area contributed by atoms with Crippen LogP contribution in [0.25, 0.3) is 0 Å². The van der Waals surface area contributed by atoms with E-state index in [1.54, 1.807) is 11.3 Å². The second kappa shape index (κ2) is 5.63. The number of thiophene rings is 1. The first kappa shape index (κ1) is 12.6. The standard InChI is InChI=1S/C12H18BrNOS/c1-3-14-11(9-6-16-7-10(9)13)12-8(2)4-5-15-12/h6-8,11-12,14H,3-5H2,1-2H3. The zero-order valence-electron chi connectivity index (χ0n) is 9.70. The number of likely N-dealkylation sites (N-methyl/N-ethyl adjacent to an activating group) is 1. The third-order valence-electron chi connectivity index (χ3n) is 3.17.